The quantitative estimate of drug-likeness (QED) is 0.639. The van der Waals surface area contributed by atoms with Crippen molar-refractivity contribution < 1.29 is 9.18 Å². The zero-order valence-corrected chi connectivity index (χ0v) is 7.05. The van der Waals surface area contributed by atoms with Crippen LogP contribution in [0.15, 0.2) is 0 Å². The van der Waals surface area contributed by atoms with E-state index < -0.39 is 12.7 Å². The lowest BCUT2D eigenvalue weighted by Gasteiger charge is -2.30. The summed E-state index contributed by atoms with van der Waals surface area (Å²) in [7, 11) is 0. The number of hydrogen-bond acceptors (Lipinski definition) is 2. The van der Waals surface area contributed by atoms with Crippen LogP contribution in [0.25, 0.3) is 0 Å². The van der Waals surface area contributed by atoms with Crippen molar-refractivity contribution in [1.82, 2.24) is 5.32 Å². The van der Waals surface area contributed by atoms with Gasteiger partial charge in [0.2, 0.25) is 5.91 Å². The van der Waals surface area contributed by atoms with Crippen LogP contribution in [0.2, 0.25) is 0 Å². The van der Waals surface area contributed by atoms with Crippen molar-refractivity contribution in [3.63, 3.8) is 0 Å². The predicted octanol–water partition coefficient (Wildman–Crippen LogP) is 0.199. The van der Waals surface area contributed by atoms with Crippen LogP contribution in [0, 0.1) is 5.92 Å². The van der Waals surface area contributed by atoms with E-state index in [1.165, 1.54) is 0 Å². The van der Waals surface area contributed by atoms with E-state index in [4.69, 9.17) is 5.73 Å². The van der Waals surface area contributed by atoms with Gasteiger partial charge in [-0.2, -0.15) is 0 Å². The Balaban J connectivity index is 2.20. The molecule has 0 radical (unpaired) electrons. The summed E-state index contributed by atoms with van der Waals surface area (Å²) in [5.41, 5.74) is 5.63. The zero-order valence-electron chi connectivity index (χ0n) is 7.05. The van der Waals surface area contributed by atoms with Gasteiger partial charge >= 0.3 is 0 Å². The highest BCUT2D eigenvalue weighted by atomic mass is 19.1. The van der Waals surface area contributed by atoms with Crippen molar-refractivity contribution in [1.29, 1.82) is 0 Å². The minimum atomic E-state index is -0.525. The molecule has 1 amide bonds. The van der Waals surface area contributed by atoms with E-state index in [2.05, 4.69) is 5.32 Å². The summed E-state index contributed by atoms with van der Waals surface area (Å²) in [4.78, 5) is 11.1. The summed E-state index contributed by atoms with van der Waals surface area (Å²) in [6.07, 6.45) is 3.23. The van der Waals surface area contributed by atoms with E-state index in [1.807, 2.05) is 0 Å². The lowest BCUT2D eigenvalue weighted by atomic mass is 9.80. The highest BCUT2D eigenvalue weighted by Crippen LogP contribution is 2.28. The first-order valence-electron chi connectivity index (χ1n) is 4.35. The number of nitrogens with two attached hydrogens (primary N) is 1. The molecule has 4 heteroatoms. The molecule has 0 aromatic carbocycles. The normalized spacial score (nSPS) is 19.8. The van der Waals surface area contributed by atoms with Gasteiger partial charge in [0.1, 0.15) is 6.67 Å². The summed E-state index contributed by atoms with van der Waals surface area (Å²) >= 11 is 0. The lowest BCUT2D eigenvalue weighted by molar-refractivity contribution is -0.124. The van der Waals surface area contributed by atoms with Crippen LogP contribution in [-0.2, 0) is 4.79 Å². The van der Waals surface area contributed by atoms with Crippen molar-refractivity contribution in [2.75, 3.05) is 13.2 Å². The predicted molar refractivity (Wildman–Crippen MR) is 44.3 cm³/mol. The van der Waals surface area contributed by atoms with Gasteiger partial charge in [0, 0.05) is 6.54 Å². The maximum absolute atomic E-state index is 11.7. The molecule has 0 aliphatic heterocycles. The molecule has 1 saturated carbocycles. The van der Waals surface area contributed by atoms with Gasteiger partial charge in [-0.05, 0) is 18.8 Å². The fourth-order valence-corrected chi connectivity index (χ4v) is 1.30. The molecule has 1 fully saturated rings. The molecule has 0 spiro atoms. The number of halogens is 1. The minimum Gasteiger partial charge on any atom is -0.352 e. The van der Waals surface area contributed by atoms with Crippen LogP contribution in [0.4, 0.5) is 4.39 Å². The maximum Gasteiger partial charge on any atom is 0.237 e. The third-order valence-electron chi connectivity index (χ3n) is 2.35. The fraction of sp³-hybridized carbons (Fsp3) is 0.875. The zero-order chi connectivity index (χ0) is 8.97. The van der Waals surface area contributed by atoms with E-state index in [1.54, 1.807) is 0 Å². The van der Waals surface area contributed by atoms with E-state index in [9.17, 15) is 9.18 Å². The van der Waals surface area contributed by atoms with Crippen LogP contribution in [0.1, 0.15) is 19.3 Å². The third kappa shape index (κ3) is 2.17. The largest absolute Gasteiger partial charge is 0.352 e. The highest BCUT2D eigenvalue weighted by molar-refractivity contribution is 5.81. The van der Waals surface area contributed by atoms with Crippen molar-refractivity contribution >= 4 is 5.91 Å². The lowest BCUT2D eigenvalue weighted by Crippen LogP contribution is -2.48. The average molecular weight is 174 g/mol. The molecule has 0 heterocycles. The summed E-state index contributed by atoms with van der Waals surface area (Å²) in [6, 6.07) is -0.426. The van der Waals surface area contributed by atoms with Crippen LogP contribution >= 0.6 is 0 Å². The number of hydrogen-bond donors (Lipinski definition) is 2. The molecule has 0 aromatic rings. The molecule has 1 rings (SSSR count). The van der Waals surface area contributed by atoms with Crippen LogP contribution in [0.5, 0.6) is 0 Å². The minimum absolute atomic E-state index is 0.0826. The second-order valence-corrected chi connectivity index (χ2v) is 3.20. The first kappa shape index (κ1) is 9.45. The Morgan fingerprint density at radius 3 is 2.75 bits per heavy atom. The smallest absolute Gasteiger partial charge is 0.237 e. The molecule has 1 aliphatic rings. The number of carbonyl (C=O) groups excluding carboxylic acids is 1. The standard InChI is InChI=1S/C8H15FN2O/c9-4-5-11-8(12)7(10)6-2-1-3-6/h6-7H,1-5,10H2,(H,11,12). The van der Waals surface area contributed by atoms with Crippen molar-refractivity contribution in [2.45, 2.75) is 25.3 Å². The van der Waals surface area contributed by atoms with Crippen LogP contribution < -0.4 is 11.1 Å². The van der Waals surface area contributed by atoms with Crippen molar-refractivity contribution in [2.24, 2.45) is 11.7 Å². The second kappa shape index (κ2) is 4.40. The van der Waals surface area contributed by atoms with Gasteiger partial charge in [-0.3, -0.25) is 4.79 Å². The van der Waals surface area contributed by atoms with E-state index in [0.29, 0.717) is 5.92 Å². The maximum atomic E-state index is 11.7. The van der Waals surface area contributed by atoms with Crippen LogP contribution in [0.3, 0.4) is 0 Å². The first-order chi connectivity index (χ1) is 5.75. The Kier molecular flexibility index (Phi) is 3.47. The van der Waals surface area contributed by atoms with Crippen molar-refractivity contribution in [3.05, 3.63) is 0 Å². The Morgan fingerprint density at radius 1 is 1.67 bits per heavy atom. The van der Waals surface area contributed by atoms with Crippen LogP contribution in [-0.4, -0.2) is 25.2 Å². The highest BCUT2D eigenvalue weighted by Gasteiger charge is 2.28. The molecule has 12 heavy (non-hydrogen) atoms. The average Bonchev–Trinajstić information content (AvgIpc) is 1.96. The Labute approximate surface area is 71.5 Å². The number of alkyl halides is 1. The van der Waals surface area contributed by atoms with Gasteiger partial charge in [0.05, 0.1) is 6.04 Å². The molecule has 3 N–H and O–H groups in total. The molecular weight excluding hydrogens is 159 g/mol. The molecule has 1 aliphatic carbocycles. The van der Waals surface area contributed by atoms with Gasteiger partial charge in [-0.1, -0.05) is 6.42 Å². The molecule has 0 aromatic heterocycles. The first-order valence-corrected chi connectivity index (χ1v) is 4.35. The molecule has 0 saturated heterocycles. The fourth-order valence-electron chi connectivity index (χ4n) is 1.30. The molecular formula is C8H15FN2O. The van der Waals surface area contributed by atoms with Gasteiger partial charge < -0.3 is 11.1 Å². The number of carbonyl (C=O) groups is 1. The topological polar surface area (TPSA) is 55.1 Å². The molecule has 70 valence electrons. The SMILES string of the molecule is NC(C(=O)NCCF)C1CCC1. The Morgan fingerprint density at radius 2 is 2.33 bits per heavy atom. The van der Waals surface area contributed by atoms with Crippen molar-refractivity contribution in [3.8, 4) is 0 Å². The Hall–Kier alpha value is -0.640. The second-order valence-electron chi connectivity index (χ2n) is 3.20. The Bertz CT molecular complexity index is 159. The number of nitrogens with one attached hydrogen (secondary N) is 1. The summed E-state index contributed by atoms with van der Waals surface area (Å²) in [5, 5.41) is 2.44. The number of rotatable bonds is 4. The summed E-state index contributed by atoms with van der Waals surface area (Å²) in [5.74, 6) is 0.113. The van der Waals surface area contributed by atoms with Gasteiger partial charge in [0.25, 0.3) is 0 Å². The molecule has 3 nitrogen and oxygen atoms in total. The summed E-state index contributed by atoms with van der Waals surface area (Å²) < 4.78 is 11.7. The molecule has 1 unspecified atom stereocenters. The van der Waals surface area contributed by atoms with Gasteiger partial charge in [-0.25, -0.2) is 4.39 Å². The molecule has 1 atom stereocenters. The van der Waals surface area contributed by atoms with E-state index >= 15 is 0 Å². The number of amides is 1. The third-order valence-corrected chi connectivity index (χ3v) is 2.35. The van der Waals surface area contributed by atoms with Gasteiger partial charge in [0.15, 0.2) is 0 Å². The van der Waals surface area contributed by atoms with Gasteiger partial charge in [-0.15, -0.1) is 0 Å². The molecule has 0 bridgehead atoms. The van der Waals surface area contributed by atoms with E-state index in [-0.39, 0.29) is 12.5 Å². The monoisotopic (exact) mass is 174 g/mol. The van der Waals surface area contributed by atoms with E-state index in [0.717, 1.165) is 19.3 Å². The summed E-state index contributed by atoms with van der Waals surface area (Å²) in [6.45, 7) is -0.442.